The second-order valence-electron chi connectivity index (χ2n) is 3.15. The largest absolute Gasteiger partial charge is 0.0799 e. The van der Waals surface area contributed by atoms with Crippen molar-refractivity contribution in [2.45, 2.75) is 33.6 Å². The Morgan fingerprint density at radius 3 is 2.82 bits per heavy atom. The van der Waals surface area contributed by atoms with Gasteiger partial charge in [0.05, 0.1) is 0 Å². The summed E-state index contributed by atoms with van der Waals surface area (Å²) in [6, 6.07) is 0. The molecule has 1 aliphatic rings. The van der Waals surface area contributed by atoms with Gasteiger partial charge in [0.25, 0.3) is 0 Å². The molecule has 0 spiro atoms. The fourth-order valence-corrected chi connectivity index (χ4v) is 1.28. The predicted molar refractivity (Wildman–Crippen MR) is 50.5 cm³/mol. The lowest BCUT2D eigenvalue weighted by atomic mass is 9.97. The highest BCUT2D eigenvalue weighted by Gasteiger charge is 2.00. The van der Waals surface area contributed by atoms with E-state index in [2.05, 4.69) is 39.0 Å². The number of hydrogen-bond donors (Lipinski definition) is 0. The lowest BCUT2D eigenvalue weighted by Gasteiger charge is -2.09. The third kappa shape index (κ3) is 2.07. The standard InChI is InChI=1S/C11H16/c1-4-10(3)11-7-5-6-9(2)8-11/h5-6,8H,4,7H2,1-3H3. The van der Waals surface area contributed by atoms with Crippen molar-refractivity contribution in [3.63, 3.8) is 0 Å². The van der Waals surface area contributed by atoms with E-state index in [1.165, 1.54) is 23.1 Å². The first-order chi connectivity index (χ1) is 5.24. The van der Waals surface area contributed by atoms with Gasteiger partial charge in [0.1, 0.15) is 0 Å². The van der Waals surface area contributed by atoms with Crippen LogP contribution in [0.4, 0.5) is 0 Å². The minimum Gasteiger partial charge on any atom is -0.0799 e. The van der Waals surface area contributed by atoms with E-state index >= 15 is 0 Å². The predicted octanol–water partition coefficient (Wildman–Crippen LogP) is 3.62. The Labute approximate surface area is 69.3 Å². The highest BCUT2D eigenvalue weighted by atomic mass is 14.1. The molecule has 0 unspecified atom stereocenters. The quantitative estimate of drug-likeness (QED) is 0.532. The molecule has 0 fully saturated rings. The maximum absolute atomic E-state index is 2.29. The van der Waals surface area contributed by atoms with Crippen LogP contribution in [-0.2, 0) is 0 Å². The Morgan fingerprint density at radius 2 is 2.27 bits per heavy atom. The lowest BCUT2D eigenvalue weighted by Crippen LogP contribution is -1.88. The van der Waals surface area contributed by atoms with E-state index in [4.69, 9.17) is 0 Å². The van der Waals surface area contributed by atoms with Crippen LogP contribution < -0.4 is 0 Å². The molecule has 0 aromatic heterocycles. The highest BCUT2D eigenvalue weighted by molar-refractivity contribution is 5.37. The van der Waals surface area contributed by atoms with Gasteiger partial charge in [-0.3, -0.25) is 0 Å². The Balaban J connectivity index is 2.86. The second-order valence-corrected chi connectivity index (χ2v) is 3.15. The molecular weight excluding hydrogens is 132 g/mol. The fourth-order valence-electron chi connectivity index (χ4n) is 1.28. The van der Waals surface area contributed by atoms with E-state index in [-0.39, 0.29) is 0 Å². The molecule has 0 heteroatoms. The van der Waals surface area contributed by atoms with Gasteiger partial charge in [0.15, 0.2) is 0 Å². The van der Waals surface area contributed by atoms with Crippen molar-refractivity contribution in [1.82, 2.24) is 0 Å². The van der Waals surface area contributed by atoms with Crippen LogP contribution in [0, 0.1) is 0 Å². The smallest absolute Gasteiger partial charge is 0.00947 e. The molecule has 0 radical (unpaired) electrons. The van der Waals surface area contributed by atoms with Gasteiger partial charge in [0.2, 0.25) is 0 Å². The molecule has 0 N–H and O–H groups in total. The molecule has 1 aliphatic carbocycles. The minimum absolute atomic E-state index is 1.12. The number of allylic oxidation sites excluding steroid dienone is 6. The minimum atomic E-state index is 1.12. The number of rotatable bonds is 1. The summed E-state index contributed by atoms with van der Waals surface area (Å²) in [6.45, 7) is 6.58. The molecule has 0 saturated heterocycles. The van der Waals surface area contributed by atoms with Crippen LogP contribution in [0.3, 0.4) is 0 Å². The molecule has 60 valence electrons. The Bertz CT molecular complexity index is 226. The third-order valence-corrected chi connectivity index (χ3v) is 2.20. The summed E-state index contributed by atoms with van der Waals surface area (Å²) in [5.74, 6) is 0. The summed E-state index contributed by atoms with van der Waals surface area (Å²) in [5.41, 5.74) is 4.40. The van der Waals surface area contributed by atoms with Gasteiger partial charge in [-0.2, -0.15) is 0 Å². The van der Waals surface area contributed by atoms with E-state index in [9.17, 15) is 0 Å². The van der Waals surface area contributed by atoms with Crippen LogP contribution in [0.2, 0.25) is 0 Å². The molecule has 0 heterocycles. The van der Waals surface area contributed by atoms with Crippen LogP contribution >= 0.6 is 0 Å². The lowest BCUT2D eigenvalue weighted by molar-refractivity contribution is 1.04. The zero-order valence-electron chi connectivity index (χ0n) is 7.65. The van der Waals surface area contributed by atoms with E-state index < -0.39 is 0 Å². The highest BCUT2D eigenvalue weighted by Crippen LogP contribution is 2.20. The normalized spacial score (nSPS) is 21.5. The van der Waals surface area contributed by atoms with E-state index in [0.717, 1.165) is 6.42 Å². The summed E-state index contributed by atoms with van der Waals surface area (Å²) in [5, 5.41) is 0. The summed E-state index contributed by atoms with van der Waals surface area (Å²) >= 11 is 0. The topological polar surface area (TPSA) is 0 Å². The van der Waals surface area contributed by atoms with Gasteiger partial charge < -0.3 is 0 Å². The number of hydrogen-bond acceptors (Lipinski definition) is 0. The molecule has 0 aromatic carbocycles. The van der Waals surface area contributed by atoms with Crippen LogP contribution in [-0.4, -0.2) is 0 Å². The summed E-state index contributed by atoms with van der Waals surface area (Å²) in [6.07, 6.45) is 9.01. The molecule has 0 aromatic rings. The van der Waals surface area contributed by atoms with Crippen LogP contribution in [0.15, 0.2) is 34.9 Å². The zero-order chi connectivity index (χ0) is 8.27. The van der Waals surface area contributed by atoms with Crippen LogP contribution in [0.25, 0.3) is 0 Å². The van der Waals surface area contributed by atoms with Crippen molar-refractivity contribution in [3.05, 3.63) is 34.9 Å². The average Bonchev–Trinajstić information content (AvgIpc) is 2.03. The summed E-state index contributed by atoms with van der Waals surface area (Å²) in [4.78, 5) is 0. The molecule has 1 rings (SSSR count). The van der Waals surface area contributed by atoms with Crippen molar-refractivity contribution in [3.8, 4) is 0 Å². The first-order valence-electron chi connectivity index (χ1n) is 4.27. The zero-order valence-corrected chi connectivity index (χ0v) is 7.65. The molecular formula is C11H16. The average molecular weight is 148 g/mol. The van der Waals surface area contributed by atoms with E-state index in [1.54, 1.807) is 0 Å². The Kier molecular flexibility index (Phi) is 2.70. The van der Waals surface area contributed by atoms with Gasteiger partial charge in [-0.15, -0.1) is 0 Å². The Morgan fingerprint density at radius 1 is 1.55 bits per heavy atom. The summed E-state index contributed by atoms with van der Waals surface area (Å²) < 4.78 is 0. The molecule has 0 nitrogen and oxygen atoms in total. The summed E-state index contributed by atoms with van der Waals surface area (Å²) in [7, 11) is 0. The maximum Gasteiger partial charge on any atom is -0.00947 e. The molecule has 0 amide bonds. The van der Waals surface area contributed by atoms with Gasteiger partial charge in [-0.05, 0) is 32.3 Å². The monoisotopic (exact) mass is 148 g/mol. The van der Waals surface area contributed by atoms with Crippen molar-refractivity contribution in [1.29, 1.82) is 0 Å². The van der Waals surface area contributed by atoms with Gasteiger partial charge >= 0.3 is 0 Å². The molecule has 0 aliphatic heterocycles. The van der Waals surface area contributed by atoms with Gasteiger partial charge in [-0.1, -0.05) is 36.3 Å². The van der Waals surface area contributed by atoms with Crippen molar-refractivity contribution < 1.29 is 0 Å². The third-order valence-electron chi connectivity index (χ3n) is 2.20. The van der Waals surface area contributed by atoms with Crippen LogP contribution in [0.5, 0.6) is 0 Å². The van der Waals surface area contributed by atoms with Crippen molar-refractivity contribution in [2.75, 3.05) is 0 Å². The molecule has 11 heavy (non-hydrogen) atoms. The van der Waals surface area contributed by atoms with Crippen LogP contribution in [0.1, 0.15) is 33.6 Å². The SMILES string of the molecule is CCC(C)=C1C=C(C)C=CC1. The molecule has 0 bridgehead atoms. The van der Waals surface area contributed by atoms with E-state index in [0.29, 0.717) is 0 Å². The maximum atomic E-state index is 2.29. The van der Waals surface area contributed by atoms with Gasteiger partial charge in [0, 0.05) is 0 Å². The van der Waals surface area contributed by atoms with Crippen molar-refractivity contribution >= 4 is 0 Å². The fraction of sp³-hybridized carbons (Fsp3) is 0.455. The van der Waals surface area contributed by atoms with Crippen molar-refractivity contribution in [2.24, 2.45) is 0 Å². The first kappa shape index (κ1) is 8.32. The second kappa shape index (κ2) is 3.56. The molecule has 0 atom stereocenters. The first-order valence-corrected chi connectivity index (χ1v) is 4.27. The Hall–Kier alpha value is -0.780. The molecule has 0 saturated carbocycles. The van der Waals surface area contributed by atoms with Gasteiger partial charge in [-0.25, -0.2) is 0 Å². The van der Waals surface area contributed by atoms with E-state index in [1.807, 2.05) is 0 Å².